The molecule has 2 aliphatic rings. The van der Waals surface area contributed by atoms with Crippen molar-refractivity contribution >= 4 is 22.4 Å². The first-order valence-electron chi connectivity index (χ1n) is 6.33. The Bertz CT molecular complexity index is 415. The summed E-state index contributed by atoms with van der Waals surface area (Å²) in [6, 6.07) is -0.0292. The van der Waals surface area contributed by atoms with Crippen LogP contribution in [0.5, 0.6) is 0 Å². The van der Waals surface area contributed by atoms with E-state index in [1.165, 1.54) is 0 Å². The first kappa shape index (κ1) is 11.9. The number of nitrogens with zero attached hydrogens (tertiary/aromatic N) is 3. The Morgan fingerprint density at radius 1 is 1.39 bits per heavy atom. The molecule has 3 heterocycles. The average molecular weight is 267 g/mol. The Morgan fingerprint density at radius 2 is 2.17 bits per heavy atom. The molecule has 0 saturated carbocycles. The molecule has 0 aliphatic carbocycles. The smallest absolute Gasteiger partial charge is 0.323 e. The Labute approximate surface area is 110 Å². The van der Waals surface area contributed by atoms with Gasteiger partial charge in [-0.05, 0) is 6.92 Å². The lowest BCUT2D eigenvalue weighted by Gasteiger charge is -2.36. The summed E-state index contributed by atoms with van der Waals surface area (Å²) in [5.41, 5.74) is 0. The first-order chi connectivity index (χ1) is 8.74. The number of anilines is 1. The summed E-state index contributed by atoms with van der Waals surface area (Å²) < 4.78 is 5.22. The lowest BCUT2D eigenvalue weighted by atomic mass is 10.1. The molecule has 0 unspecified atom stereocenters. The second-order valence-electron chi connectivity index (χ2n) is 4.84. The third kappa shape index (κ3) is 2.22. The Balaban J connectivity index is 1.59. The number of thiazole rings is 1. The molecule has 1 aromatic rings. The van der Waals surface area contributed by atoms with Crippen LogP contribution >= 0.6 is 11.3 Å². The van der Waals surface area contributed by atoms with Gasteiger partial charge in [0.15, 0.2) is 5.13 Å². The molecule has 2 aliphatic heterocycles. The number of ether oxygens (including phenoxy) is 1. The fraction of sp³-hybridized carbons (Fsp3) is 0.667. The van der Waals surface area contributed by atoms with E-state index in [0.717, 1.165) is 37.7 Å². The molecule has 6 heteroatoms. The zero-order valence-electron chi connectivity index (χ0n) is 10.4. The maximum Gasteiger partial charge on any atom is 0.323 e. The summed E-state index contributed by atoms with van der Waals surface area (Å²) in [5, 5.41) is 3.08. The largest absolute Gasteiger partial charge is 0.461 e. The molecule has 1 aromatic heterocycles. The van der Waals surface area contributed by atoms with Crippen LogP contribution in [0.15, 0.2) is 11.6 Å². The molecule has 0 amide bonds. The SMILES string of the molecule is C[C@@H]1C[C@H](N2CCN(c3nccs3)CC2)C(=O)O1. The summed E-state index contributed by atoms with van der Waals surface area (Å²) in [6.45, 7) is 5.65. The Hall–Kier alpha value is -1.14. The van der Waals surface area contributed by atoms with Crippen molar-refractivity contribution in [1.82, 2.24) is 9.88 Å². The van der Waals surface area contributed by atoms with Crippen molar-refractivity contribution in [2.45, 2.75) is 25.5 Å². The van der Waals surface area contributed by atoms with Crippen LogP contribution in [0, 0.1) is 0 Å². The van der Waals surface area contributed by atoms with Gasteiger partial charge in [-0.25, -0.2) is 4.98 Å². The van der Waals surface area contributed by atoms with Gasteiger partial charge in [0, 0.05) is 44.2 Å². The molecule has 2 fully saturated rings. The van der Waals surface area contributed by atoms with Gasteiger partial charge in [-0.1, -0.05) is 0 Å². The van der Waals surface area contributed by atoms with Crippen molar-refractivity contribution in [2.24, 2.45) is 0 Å². The van der Waals surface area contributed by atoms with Crippen LogP contribution in [-0.4, -0.2) is 54.2 Å². The van der Waals surface area contributed by atoms with Gasteiger partial charge in [0.05, 0.1) is 0 Å². The highest BCUT2D eigenvalue weighted by Crippen LogP contribution is 2.23. The summed E-state index contributed by atoms with van der Waals surface area (Å²) >= 11 is 1.67. The lowest BCUT2D eigenvalue weighted by molar-refractivity contribution is -0.144. The molecule has 0 bridgehead atoms. The fourth-order valence-corrected chi connectivity index (χ4v) is 3.33. The number of carbonyl (C=O) groups is 1. The van der Waals surface area contributed by atoms with Crippen molar-refractivity contribution in [3.05, 3.63) is 11.6 Å². The lowest BCUT2D eigenvalue weighted by Crippen LogP contribution is -2.51. The van der Waals surface area contributed by atoms with E-state index in [-0.39, 0.29) is 18.1 Å². The number of hydrogen-bond acceptors (Lipinski definition) is 6. The molecule has 98 valence electrons. The van der Waals surface area contributed by atoms with Crippen molar-refractivity contribution in [3.63, 3.8) is 0 Å². The minimum absolute atomic E-state index is 0.0292. The number of esters is 1. The van der Waals surface area contributed by atoms with E-state index in [4.69, 9.17) is 4.74 Å². The molecule has 0 spiro atoms. The summed E-state index contributed by atoms with van der Waals surface area (Å²) in [7, 11) is 0. The number of cyclic esters (lactones) is 1. The predicted octanol–water partition coefficient (Wildman–Crippen LogP) is 0.969. The Kier molecular flexibility index (Phi) is 3.22. The summed E-state index contributed by atoms with van der Waals surface area (Å²) in [5.74, 6) is -0.0507. The standard InChI is InChI=1S/C12H17N3O2S/c1-9-8-10(11(16)17-9)14-3-5-15(6-4-14)12-13-2-7-18-12/h2,7,9-10H,3-6,8H2,1H3/t9-,10+/m1/s1. The van der Waals surface area contributed by atoms with Gasteiger partial charge in [-0.2, -0.15) is 0 Å². The first-order valence-corrected chi connectivity index (χ1v) is 7.21. The third-order valence-electron chi connectivity index (χ3n) is 3.59. The predicted molar refractivity (Wildman–Crippen MR) is 69.9 cm³/mol. The minimum Gasteiger partial charge on any atom is -0.461 e. The monoisotopic (exact) mass is 267 g/mol. The van der Waals surface area contributed by atoms with Gasteiger partial charge in [-0.3, -0.25) is 9.69 Å². The van der Waals surface area contributed by atoms with Crippen molar-refractivity contribution < 1.29 is 9.53 Å². The van der Waals surface area contributed by atoms with Crippen LogP contribution < -0.4 is 4.90 Å². The van der Waals surface area contributed by atoms with Gasteiger partial charge < -0.3 is 9.64 Å². The average Bonchev–Trinajstić information content (AvgIpc) is 2.99. The zero-order chi connectivity index (χ0) is 12.5. The van der Waals surface area contributed by atoms with E-state index < -0.39 is 0 Å². The molecule has 5 nitrogen and oxygen atoms in total. The van der Waals surface area contributed by atoms with E-state index in [0.29, 0.717) is 0 Å². The zero-order valence-corrected chi connectivity index (χ0v) is 11.2. The van der Waals surface area contributed by atoms with E-state index >= 15 is 0 Å². The molecule has 0 N–H and O–H groups in total. The molecule has 2 atom stereocenters. The topological polar surface area (TPSA) is 45.7 Å². The maximum atomic E-state index is 11.7. The molecule has 0 radical (unpaired) electrons. The second-order valence-corrected chi connectivity index (χ2v) is 5.71. The van der Waals surface area contributed by atoms with Gasteiger partial charge in [0.1, 0.15) is 12.1 Å². The fourth-order valence-electron chi connectivity index (χ4n) is 2.63. The number of hydrogen-bond donors (Lipinski definition) is 0. The number of aromatic nitrogens is 1. The molecular weight excluding hydrogens is 250 g/mol. The Morgan fingerprint density at radius 3 is 2.72 bits per heavy atom. The van der Waals surface area contributed by atoms with Gasteiger partial charge in [-0.15, -0.1) is 11.3 Å². The molecule has 2 saturated heterocycles. The van der Waals surface area contributed by atoms with E-state index in [9.17, 15) is 4.79 Å². The number of carbonyl (C=O) groups excluding carboxylic acids is 1. The van der Waals surface area contributed by atoms with E-state index in [2.05, 4.69) is 14.8 Å². The van der Waals surface area contributed by atoms with Gasteiger partial charge >= 0.3 is 5.97 Å². The second kappa shape index (κ2) is 4.85. The van der Waals surface area contributed by atoms with Crippen molar-refractivity contribution in [2.75, 3.05) is 31.1 Å². The van der Waals surface area contributed by atoms with Crippen LogP contribution in [0.3, 0.4) is 0 Å². The van der Waals surface area contributed by atoms with Crippen LogP contribution in [0.25, 0.3) is 0 Å². The van der Waals surface area contributed by atoms with Gasteiger partial charge in [0.25, 0.3) is 0 Å². The van der Waals surface area contributed by atoms with Crippen LogP contribution in [0.2, 0.25) is 0 Å². The van der Waals surface area contributed by atoms with Crippen molar-refractivity contribution in [3.8, 4) is 0 Å². The molecule has 3 rings (SSSR count). The van der Waals surface area contributed by atoms with Crippen molar-refractivity contribution in [1.29, 1.82) is 0 Å². The number of rotatable bonds is 2. The highest BCUT2D eigenvalue weighted by molar-refractivity contribution is 7.13. The molecular formula is C12H17N3O2S. The van der Waals surface area contributed by atoms with E-state index in [1.807, 2.05) is 18.5 Å². The molecule has 18 heavy (non-hydrogen) atoms. The normalized spacial score (nSPS) is 29.6. The third-order valence-corrected chi connectivity index (χ3v) is 4.42. The maximum absolute atomic E-state index is 11.7. The summed E-state index contributed by atoms with van der Waals surface area (Å²) in [6.07, 6.45) is 2.73. The highest BCUT2D eigenvalue weighted by Gasteiger charge is 2.37. The van der Waals surface area contributed by atoms with E-state index in [1.54, 1.807) is 11.3 Å². The van der Waals surface area contributed by atoms with Crippen LogP contribution in [0.1, 0.15) is 13.3 Å². The van der Waals surface area contributed by atoms with Crippen LogP contribution in [-0.2, 0) is 9.53 Å². The minimum atomic E-state index is -0.0507. The quantitative estimate of drug-likeness (QED) is 0.747. The van der Waals surface area contributed by atoms with Gasteiger partial charge in [0.2, 0.25) is 0 Å². The molecule has 0 aromatic carbocycles. The van der Waals surface area contributed by atoms with Crippen LogP contribution in [0.4, 0.5) is 5.13 Å². The number of piperazine rings is 1. The highest BCUT2D eigenvalue weighted by atomic mass is 32.1. The summed E-state index contributed by atoms with van der Waals surface area (Å²) in [4.78, 5) is 20.6.